The predicted octanol–water partition coefficient (Wildman–Crippen LogP) is -0.482. The Balaban J connectivity index is 1.45. The molecule has 2 aliphatic heterocycles. The van der Waals surface area contributed by atoms with E-state index in [2.05, 4.69) is 14.4 Å². The standard InChI is InChI=1S/C16H23N5O5S/c1-20-15(24)17-12(18-20)13(22)19-27(25)8-4-16(5-9-27)10-21(6-7-26-16)14(23)11-2-3-11/h11H,2-10H2,1H3,(H,17,18,24). The number of morpholine rings is 1. The molecule has 0 atom stereocenters. The van der Waals surface area contributed by atoms with Crippen molar-refractivity contribution >= 4 is 21.5 Å². The number of amides is 2. The summed E-state index contributed by atoms with van der Waals surface area (Å²) in [7, 11) is -1.33. The van der Waals surface area contributed by atoms with Crippen LogP contribution in [0.2, 0.25) is 0 Å². The van der Waals surface area contributed by atoms with E-state index in [-0.39, 0.29) is 29.2 Å². The van der Waals surface area contributed by atoms with Gasteiger partial charge in [0, 0.05) is 37.6 Å². The van der Waals surface area contributed by atoms with Gasteiger partial charge in [-0.15, -0.1) is 5.10 Å². The average Bonchev–Trinajstić information content (AvgIpc) is 3.43. The van der Waals surface area contributed by atoms with Crippen LogP contribution in [0.4, 0.5) is 0 Å². The summed E-state index contributed by atoms with van der Waals surface area (Å²) in [5.74, 6) is -0.170. The molecular formula is C16H23N5O5S. The van der Waals surface area contributed by atoms with Crippen LogP contribution < -0.4 is 5.69 Å². The highest BCUT2D eigenvalue weighted by Crippen LogP contribution is 2.36. The minimum Gasteiger partial charge on any atom is -0.371 e. The summed E-state index contributed by atoms with van der Waals surface area (Å²) in [4.78, 5) is 40.1. The summed E-state index contributed by atoms with van der Waals surface area (Å²) < 4.78 is 23.8. The van der Waals surface area contributed by atoms with E-state index in [4.69, 9.17) is 4.74 Å². The molecule has 148 valence electrons. The van der Waals surface area contributed by atoms with Gasteiger partial charge in [0.2, 0.25) is 11.7 Å². The molecule has 0 bridgehead atoms. The molecule has 0 radical (unpaired) electrons. The monoisotopic (exact) mass is 397 g/mol. The van der Waals surface area contributed by atoms with Gasteiger partial charge in [-0.2, -0.15) is 4.36 Å². The van der Waals surface area contributed by atoms with Gasteiger partial charge in [0.25, 0.3) is 0 Å². The smallest absolute Gasteiger partial charge is 0.343 e. The second kappa shape index (κ2) is 6.55. The van der Waals surface area contributed by atoms with Gasteiger partial charge in [-0.3, -0.25) is 14.6 Å². The van der Waals surface area contributed by atoms with Crippen LogP contribution in [0.1, 0.15) is 36.3 Å². The largest absolute Gasteiger partial charge is 0.371 e. The van der Waals surface area contributed by atoms with Crippen LogP contribution in [0.25, 0.3) is 0 Å². The minimum atomic E-state index is -2.74. The fourth-order valence-corrected chi connectivity index (χ4v) is 5.78. The fourth-order valence-electron chi connectivity index (χ4n) is 3.63. The molecule has 1 aromatic heterocycles. The number of hydrogen-bond donors (Lipinski definition) is 1. The molecule has 1 aliphatic carbocycles. The minimum absolute atomic E-state index is 0.168. The lowest BCUT2D eigenvalue weighted by Crippen LogP contribution is -2.56. The molecule has 0 unspecified atom stereocenters. The molecule has 27 heavy (non-hydrogen) atoms. The van der Waals surface area contributed by atoms with E-state index < -0.39 is 26.9 Å². The quantitative estimate of drug-likeness (QED) is 0.718. The predicted molar refractivity (Wildman–Crippen MR) is 95.7 cm³/mol. The van der Waals surface area contributed by atoms with Gasteiger partial charge in [0.05, 0.1) is 21.9 Å². The van der Waals surface area contributed by atoms with Crippen molar-refractivity contribution in [3.05, 3.63) is 16.3 Å². The summed E-state index contributed by atoms with van der Waals surface area (Å²) in [6.45, 7) is 1.59. The highest BCUT2D eigenvalue weighted by molar-refractivity contribution is 7.93. The summed E-state index contributed by atoms with van der Waals surface area (Å²) in [5, 5.41) is 3.75. The van der Waals surface area contributed by atoms with E-state index in [9.17, 15) is 18.6 Å². The first kappa shape index (κ1) is 18.4. The zero-order chi connectivity index (χ0) is 19.2. The molecule has 1 aromatic rings. The third kappa shape index (κ3) is 3.70. The lowest BCUT2D eigenvalue weighted by Gasteiger charge is -2.45. The van der Waals surface area contributed by atoms with Crippen LogP contribution in [0.3, 0.4) is 0 Å². The SMILES string of the molecule is Cn1nc(C(=O)N=S2(=O)CCC3(CC2)CN(C(=O)C2CC2)CCO3)[nH]c1=O. The Hall–Kier alpha value is -2.01. The molecule has 10 nitrogen and oxygen atoms in total. The van der Waals surface area contributed by atoms with E-state index in [0.717, 1.165) is 17.5 Å². The first-order valence-corrected chi connectivity index (χ1v) is 11.0. The van der Waals surface area contributed by atoms with Crippen molar-refractivity contribution in [1.29, 1.82) is 0 Å². The zero-order valence-electron chi connectivity index (χ0n) is 15.2. The molecule has 1 N–H and O–H groups in total. The van der Waals surface area contributed by atoms with Crippen molar-refractivity contribution in [2.45, 2.75) is 31.3 Å². The van der Waals surface area contributed by atoms with Crippen LogP contribution in [0.5, 0.6) is 0 Å². The van der Waals surface area contributed by atoms with Crippen LogP contribution in [-0.2, 0) is 26.3 Å². The summed E-state index contributed by atoms with van der Waals surface area (Å²) in [6.07, 6.45) is 2.90. The molecule has 1 saturated carbocycles. The molecule has 1 spiro atoms. The van der Waals surface area contributed by atoms with Crippen molar-refractivity contribution in [2.75, 3.05) is 31.2 Å². The van der Waals surface area contributed by atoms with Gasteiger partial charge in [-0.25, -0.2) is 13.7 Å². The van der Waals surface area contributed by atoms with E-state index in [1.807, 2.05) is 4.90 Å². The van der Waals surface area contributed by atoms with Gasteiger partial charge in [-0.05, 0) is 25.7 Å². The fraction of sp³-hybridized carbons (Fsp3) is 0.750. The number of H-pyrrole nitrogens is 1. The van der Waals surface area contributed by atoms with Gasteiger partial charge in [-0.1, -0.05) is 0 Å². The Bertz CT molecular complexity index is 939. The third-order valence-corrected chi connectivity index (χ3v) is 7.64. The Kier molecular flexibility index (Phi) is 4.46. The molecule has 0 aromatic carbocycles. The Labute approximate surface area is 156 Å². The molecule has 4 rings (SSSR count). The van der Waals surface area contributed by atoms with Crippen molar-refractivity contribution < 1.29 is 18.5 Å². The average molecular weight is 397 g/mol. The Morgan fingerprint density at radius 2 is 2.04 bits per heavy atom. The van der Waals surface area contributed by atoms with Gasteiger partial charge < -0.3 is 9.64 Å². The van der Waals surface area contributed by atoms with Crippen molar-refractivity contribution in [3.63, 3.8) is 0 Å². The van der Waals surface area contributed by atoms with Crippen LogP contribution in [-0.4, -0.2) is 72.5 Å². The second-order valence-electron chi connectivity index (χ2n) is 7.55. The molecule has 3 heterocycles. The third-order valence-electron chi connectivity index (χ3n) is 5.46. The van der Waals surface area contributed by atoms with E-state index >= 15 is 0 Å². The Morgan fingerprint density at radius 1 is 1.33 bits per heavy atom. The van der Waals surface area contributed by atoms with E-state index in [1.165, 1.54) is 7.05 Å². The van der Waals surface area contributed by atoms with Crippen LogP contribution >= 0.6 is 0 Å². The zero-order valence-corrected chi connectivity index (χ0v) is 16.0. The maximum absolute atomic E-state index is 13.0. The number of hydrogen-bond acceptors (Lipinski definition) is 6. The summed E-state index contributed by atoms with van der Waals surface area (Å²) in [5.41, 5.74) is -1.02. The number of aryl methyl sites for hydroxylation is 1. The normalized spacial score (nSPS) is 31.1. The number of nitrogens with one attached hydrogen (secondary N) is 1. The van der Waals surface area contributed by atoms with Crippen molar-refractivity contribution in [1.82, 2.24) is 19.7 Å². The number of nitrogens with zero attached hydrogens (tertiary/aromatic N) is 4. The Morgan fingerprint density at radius 3 is 2.63 bits per heavy atom. The molecule has 11 heteroatoms. The maximum Gasteiger partial charge on any atom is 0.343 e. The number of aromatic amines is 1. The number of aromatic nitrogens is 3. The number of carbonyl (C=O) groups is 2. The number of rotatable bonds is 2. The highest BCUT2D eigenvalue weighted by Gasteiger charge is 2.44. The number of ether oxygens (including phenoxy) is 1. The topological polar surface area (TPSA) is 127 Å². The lowest BCUT2D eigenvalue weighted by molar-refractivity contribution is -0.153. The molecule has 3 fully saturated rings. The van der Waals surface area contributed by atoms with Gasteiger partial charge in [0.1, 0.15) is 0 Å². The van der Waals surface area contributed by atoms with Crippen LogP contribution in [0.15, 0.2) is 9.16 Å². The van der Waals surface area contributed by atoms with Crippen LogP contribution in [0, 0.1) is 5.92 Å². The molecule has 2 amide bonds. The molecule has 3 aliphatic rings. The first-order chi connectivity index (χ1) is 12.8. The molecule has 2 saturated heterocycles. The summed E-state index contributed by atoms with van der Waals surface area (Å²) >= 11 is 0. The van der Waals surface area contributed by atoms with Gasteiger partial charge in [0.15, 0.2) is 0 Å². The van der Waals surface area contributed by atoms with E-state index in [0.29, 0.717) is 32.5 Å². The van der Waals surface area contributed by atoms with Gasteiger partial charge >= 0.3 is 11.6 Å². The maximum atomic E-state index is 13.0. The lowest BCUT2D eigenvalue weighted by atomic mass is 9.94. The highest BCUT2D eigenvalue weighted by atomic mass is 32.2. The second-order valence-corrected chi connectivity index (χ2v) is 10.1. The van der Waals surface area contributed by atoms with Crippen molar-refractivity contribution in [2.24, 2.45) is 17.3 Å². The summed E-state index contributed by atoms with van der Waals surface area (Å²) in [6, 6.07) is 0. The number of carbonyl (C=O) groups excluding carboxylic acids is 2. The molecular weight excluding hydrogens is 374 g/mol. The van der Waals surface area contributed by atoms with Crippen molar-refractivity contribution in [3.8, 4) is 0 Å². The first-order valence-electron chi connectivity index (χ1n) is 9.12. The van der Waals surface area contributed by atoms with E-state index in [1.54, 1.807) is 0 Å².